The average Bonchev–Trinajstić information content (AvgIpc) is 2.70. The monoisotopic (exact) mass is 415 g/mol. The first kappa shape index (κ1) is 21.3. The summed E-state index contributed by atoms with van der Waals surface area (Å²) < 4.78 is 5.37. The van der Waals surface area contributed by atoms with E-state index >= 15 is 0 Å². The van der Waals surface area contributed by atoms with Crippen LogP contribution < -0.4 is 10.6 Å². The van der Waals surface area contributed by atoms with Crippen LogP contribution in [-0.2, 0) is 20.9 Å². The minimum atomic E-state index is -0.412. The van der Waals surface area contributed by atoms with Crippen LogP contribution in [0.25, 0.3) is 0 Å². The number of hydrogen-bond donors (Lipinski definition) is 2. The van der Waals surface area contributed by atoms with Gasteiger partial charge in [0.1, 0.15) is 0 Å². The van der Waals surface area contributed by atoms with Crippen molar-refractivity contribution in [2.24, 2.45) is 0 Å². The van der Waals surface area contributed by atoms with E-state index in [1.54, 1.807) is 12.1 Å². The number of amides is 2. The lowest BCUT2D eigenvalue weighted by molar-refractivity contribution is -0.120. The molecule has 2 aromatic carbocycles. The molecule has 1 unspecified atom stereocenters. The van der Waals surface area contributed by atoms with Gasteiger partial charge in [-0.05, 0) is 35.4 Å². The Kier molecular flexibility index (Phi) is 7.63. The zero-order valence-electron chi connectivity index (χ0n) is 16.5. The van der Waals surface area contributed by atoms with E-state index in [1.807, 2.05) is 36.4 Å². The van der Waals surface area contributed by atoms with E-state index in [0.717, 1.165) is 44.1 Å². The van der Waals surface area contributed by atoms with E-state index in [-0.39, 0.29) is 18.2 Å². The molecule has 0 aromatic heterocycles. The smallest absolute Gasteiger partial charge is 0.226 e. The van der Waals surface area contributed by atoms with Gasteiger partial charge >= 0.3 is 0 Å². The van der Waals surface area contributed by atoms with Crippen LogP contribution in [0.2, 0.25) is 5.02 Å². The number of halogens is 1. The molecule has 0 spiro atoms. The fraction of sp³-hybridized carbons (Fsp3) is 0.364. The molecule has 1 aliphatic rings. The second-order valence-electron chi connectivity index (χ2n) is 7.14. The van der Waals surface area contributed by atoms with Crippen molar-refractivity contribution in [2.75, 3.05) is 31.6 Å². The molecule has 1 heterocycles. The number of rotatable bonds is 7. The van der Waals surface area contributed by atoms with Crippen molar-refractivity contribution in [1.29, 1.82) is 0 Å². The minimum Gasteiger partial charge on any atom is -0.379 e. The molecule has 0 saturated carbocycles. The molecule has 0 radical (unpaired) electrons. The minimum absolute atomic E-state index is 0.136. The molecule has 0 aliphatic carbocycles. The SMILES string of the molecule is CC(=O)NC(CC(=O)Nc1ccc(CN2CCOCC2)cc1)c1ccc(Cl)cc1. The Morgan fingerprint density at radius 3 is 2.34 bits per heavy atom. The molecule has 154 valence electrons. The molecule has 2 aromatic rings. The van der Waals surface area contributed by atoms with Crippen LogP contribution in [0.1, 0.15) is 30.5 Å². The molecular weight excluding hydrogens is 390 g/mol. The summed E-state index contributed by atoms with van der Waals surface area (Å²) in [6.07, 6.45) is 0.136. The van der Waals surface area contributed by atoms with Crippen molar-refractivity contribution >= 4 is 29.1 Å². The van der Waals surface area contributed by atoms with Gasteiger partial charge < -0.3 is 15.4 Å². The molecule has 0 bridgehead atoms. The molecular formula is C22H26ClN3O3. The highest BCUT2D eigenvalue weighted by Crippen LogP contribution is 2.21. The zero-order valence-corrected chi connectivity index (χ0v) is 17.2. The molecule has 7 heteroatoms. The van der Waals surface area contributed by atoms with Crippen molar-refractivity contribution < 1.29 is 14.3 Å². The highest BCUT2D eigenvalue weighted by molar-refractivity contribution is 6.30. The molecule has 1 aliphatic heterocycles. The summed E-state index contributed by atoms with van der Waals surface area (Å²) in [5.74, 6) is -0.357. The summed E-state index contributed by atoms with van der Waals surface area (Å²) in [4.78, 5) is 26.4. The van der Waals surface area contributed by atoms with Gasteiger partial charge in [0.05, 0.1) is 25.7 Å². The summed E-state index contributed by atoms with van der Waals surface area (Å²) in [6, 6.07) is 14.6. The van der Waals surface area contributed by atoms with Crippen LogP contribution in [0.5, 0.6) is 0 Å². The zero-order chi connectivity index (χ0) is 20.6. The van der Waals surface area contributed by atoms with Crippen molar-refractivity contribution in [2.45, 2.75) is 25.9 Å². The molecule has 1 fully saturated rings. The van der Waals surface area contributed by atoms with Crippen LogP contribution in [0.3, 0.4) is 0 Å². The van der Waals surface area contributed by atoms with Gasteiger partial charge in [-0.25, -0.2) is 0 Å². The van der Waals surface area contributed by atoms with E-state index in [1.165, 1.54) is 12.5 Å². The highest BCUT2D eigenvalue weighted by atomic mass is 35.5. The lowest BCUT2D eigenvalue weighted by Gasteiger charge is -2.26. The molecule has 29 heavy (non-hydrogen) atoms. The molecule has 1 saturated heterocycles. The highest BCUT2D eigenvalue weighted by Gasteiger charge is 2.17. The first-order valence-electron chi connectivity index (χ1n) is 9.71. The Morgan fingerprint density at radius 1 is 1.07 bits per heavy atom. The predicted molar refractivity (Wildman–Crippen MR) is 114 cm³/mol. The largest absolute Gasteiger partial charge is 0.379 e. The molecule has 3 rings (SSSR count). The second kappa shape index (κ2) is 10.4. The van der Waals surface area contributed by atoms with Gasteiger partial charge in [-0.3, -0.25) is 14.5 Å². The van der Waals surface area contributed by atoms with Crippen LogP contribution in [0.4, 0.5) is 5.69 Å². The van der Waals surface area contributed by atoms with Gasteiger partial charge in [0.2, 0.25) is 11.8 Å². The third kappa shape index (κ3) is 6.85. The summed E-state index contributed by atoms with van der Waals surface area (Å²) in [5, 5.41) is 6.34. The molecule has 6 nitrogen and oxygen atoms in total. The van der Waals surface area contributed by atoms with Gasteiger partial charge in [0.15, 0.2) is 0 Å². The fourth-order valence-corrected chi connectivity index (χ4v) is 3.43. The van der Waals surface area contributed by atoms with Gasteiger partial charge in [-0.2, -0.15) is 0 Å². The number of nitrogens with zero attached hydrogens (tertiary/aromatic N) is 1. The van der Waals surface area contributed by atoms with Gasteiger partial charge in [0.25, 0.3) is 0 Å². The van der Waals surface area contributed by atoms with Gasteiger partial charge in [-0.1, -0.05) is 35.9 Å². The average molecular weight is 416 g/mol. The van der Waals surface area contributed by atoms with E-state index < -0.39 is 6.04 Å². The topological polar surface area (TPSA) is 70.7 Å². The Hall–Kier alpha value is -2.41. The third-order valence-corrected chi connectivity index (χ3v) is 5.04. The quantitative estimate of drug-likeness (QED) is 0.727. The van der Waals surface area contributed by atoms with Crippen molar-refractivity contribution in [3.8, 4) is 0 Å². The number of hydrogen-bond acceptors (Lipinski definition) is 4. The maximum absolute atomic E-state index is 12.5. The number of nitrogens with one attached hydrogen (secondary N) is 2. The van der Waals surface area contributed by atoms with E-state index in [0.29, 0.717) is 5.02 Å². The van der Waals surface area contributed by atoms with Crippen LogP contribution >= 0.6 is 11.6 Å². The maximum Gasteiger partial charge on any atom is 0.226 e. The van der Waals surface area contributed by atoms with Crippen molar-refractivity contribution in [3.05, 3.63) is 64.7 Å². The summed E-state index contributed by atoms with van der Waals surface area (Å²) in [6.45, 7) is 5.74. The molecule has 1 atom stereocenters. The second-order valence-corrected chi connectivity index (χ2v) is 7.58. The number of carbonyl (C=O) groups excluding carboxylic acids is 2. The Bertz CT molecular complexity index is 818. The standard InChI is InChI=1S/C22H26ClN3O3/c1-16(27)24-21(18-4-6-19(23)7-5-18)14-22(28)25-20-8-2-17(3-9-20)15-26-10-12-29-13-11-26/h2-9,21H,10-15H2,1H3,(H,24,27)(H,25,28). The number of benzene rings is 2. The maximum atomic E-state index is 12.5. The van der Waals surface area contributed by atoms with Crippen molar-refractivity contribution in [1.82, 2.24) is 10.2 Å². The Balaban J connectivity index is 1.57. The third-order valence-electron chi connectivity index (χ3n) is 4.79. The lowest BCUT2D eigenvalue weighted by atomic mass is 10.0. The van der Waals surface area contributed by atoms with Crippen LogP contribution in [-0.4, -0.2) is 43.0 Å². The Morgan fingerprint density at radius 2 is 1.72 bits per heavy atom. The van der Waals surface area contributed by atoms with E-state index in [2.05, 4.69) is 15.5 Å². The van der Waals surface area contributed by atoms with E-state index in [4.69, 9.17) is 16.3 Å². The summed E-state index contributed by atoms with van der Waals surface area (Å²) in [5.41, 5.74) is 2.77. The number of ether oxygens (including phenoxy) is 1. The summed E-state index contributed by atoms with van der Waals surface area (Å²) in [7, 11) is 0. The molecule has 2 N–H and O–H groups in total. The number of carbonyl (C=O) groups is 2. The summed E-state index contributed by atoms with van der Waals surface area (Å²) >= 11 is 5.93. The first-order chi connectivity index (χ1) is 14.0. The Labute approximate surface area is 176 Å². The normalized spacial score (nSPS) is 15.5. The van der Waals surface area contributed by atoms with Crippen LogP contribution in [0, 0.1) is 0 Å². The van der Waals surface area contributed by atoms with Gasteiger partial charge in [0, 0.05) is 37.3 Å². The van der Waals surface area contributed by atoms with E-state index in [9.17, 15) is 9.59 Å². The lowest BCUT2D eigenvalue weighted by Crippen LogP contribution is -2.35. The van der Waals surface area contributed by atoms with Gasteiger partial charge in [-0.15, -0.1) is 0 Å². The fourth-order valence-electron chi connectivity index (χ4n) is 3.30. The number of morpholine rings is 1. The van der Waals surface area contributed by atoms with Crippen molar-refractivity contribution in [3.63, 3.8) is 0 Å². The number of anilines is 1. The predicted octanol–water partition coefficient (Wildman–Crippen LogP) is 3.38. The van der Waals surface area contributed by atoms with Crippen LogP contribution in [0.15, 0.2) is 48.5 Å². The first-order valence-corrected chi connectivity index (χ1v) is 10.1. The molecule has 2 amide bonds.